The molecule has 134 valence electrons. The molecule has 1 atom stereocenters. The molecule has 0 radical (unpaired) electrons. The van der Waals surface area contributed by atoms with Gasteiger partial charge in [0.15, 0.2) is 5.78 Å². The minimum absolute atomic E-state index is 0.0213. The number of amides is 1. The van der Waals surface area contributed by atoms with Gasteiger partial charge in [-0.15, -0.1) is 0 Å². The number of carbonyl (C=O) groups excluding carboxylic acids is 2. The molecule has 0 aliphatic rings. The minimum Gasteiger partial charge on any atom is -0.496 e. The van der Waals surface area contributed by atoms with Gasteiger partial charge in [-0.05, 0) is 13.0 Å². The van der Waals surface area contributed by atoms with Crippen LogP contribution >= 0.6 is 0 Å². The monoisotopic (exact) mass is 355 g/mol. The number of hydrogen-bond donors (Lipinski definition) is 1. The number of rotatable bonds is 5. The number of nitrogens with one attached hydrogen (secondary N) is 1. The first kappa shape index (κ1) is 18.6. The summed E-state index contributed by atoms with van der Waals surface area (Å²) in [5.74, 6) is -2.33. The van der Waals surface area contributed by atoms with E-state index in [4.69, 9.17) is 9.47 Å². The van der Waals surface area contributed by atoms with Gasteiger partial charge >= 0.3 is 12.1 Å². The third-order valence-corrected chi connectivity index (χ3v) is 3.65. The fourth-order valence-corrected chi connectivity index (χ4v) is 2.46. The standard InChI is InChI=1S/C17H16F3NO4/c1-9(21-16(23)17(18,19)20)14(22)12-8-13(24-2)10-6-4-5-7-11(10)15(12)25-3/h4-9H,1-3H3,(H,21,23). The number of methoxy groups -OCH3 is 2. The fourth-order valence-electron chi connectivity index (χ4n) is 2.46. The summed E-state index contributed by atoms with van der Waals surface area (Å²) in [6.07, 6.45) is -5.07. The second kappa shape index (κ2) is 7.00. The van der Waals surface area contributed by atoms with Crippen LogP contribution in [0.3, 0.4) is 0 Å². The number of ether oxygens (including phenoxy) is 2. The molecular formula is C17H16F3NO4. The number of ketones is 1. The summed E-state index contributed by atoms with van der Waals surface area (Å²) < 4.78 is 47.7. The van der Waals surface area contributed by atoms with E-state index in [0.717, 1.165) is 0 Å². The smallest absolute Gasteiger partial charge is 0.471 e. The highest BCUT2D eigenvalue weighted by Gasteiger charge is 2.40. The number of Topliss-reactive ketones (excluding diaryl/α,β-unsaturated/α-hetero) is 1. The molecule has 0 fully saturated rings. The maximum atomic E-state index is 12.6. The number of halogens is 3. The van der Waals surface area contributed by atoms with Crippen LogP contribution < -0.4 is 14.8 Å². The first-order chi connectivity index (χ1) is 11.7. The number of alkyl halides is 3. The molecule has 0 spiro atoms. The van der Waals surface area contributed by atoms with Crippen LogP contribution in [0.4, 0.5) is 13.2 Å². The summed E-state index contributed by atoms with van der Waals surface area (Å²) in [5, 5.41) is 2.90. The van der Waals surface area contributed by atoms with Gasteiger partial charge < -0.3 is 14.8 Å². The summed E-state index contributed by atoms with van der Waals surface area (Å²) >= 11 is 0. The summed E-state index contributed by atoms with van der Waals surface area (Å²) in [6, 6.07) is 6.96. The van der Waals surface area contributed by atoms with Crippen LogP contribution in [-0.4, -0.2) is 38.1 Å². The van der Waals surface area contributed by atoms with Gasteiger partial charge in [0.2, 0.25) is 0 Å². The first-order valence-electron chi connectivity index (χ1n) is 7.26. The van der Waals surface area contributed by atoms with E-state index in [0.29, 0.717) is 16.5 Å². The van der Waals surface area contributed by atoms with E-state index in [1.807, 2.05) is 0 Å². The average Bonchev–Trinajstić information content (AvgIpc) is 2.58. The Bertz CT molecular complexity index is 817. The molecule has 0 aliphatic carbocycles. The molecule has 0 bridgehead atoms. The minimum atomic E-state index is -5.07. The Morgan fingerprint density at radius 1 is 1.08 bits per heavy atom. The van der Waals surface area contributed by atoms with Crippen molar-refractivity contribution < 1.29 is 32.2 Å². The maximum Gasteiger partial charge on any atom is 0.471 e. The van der Waals surface area contributed by atoms with Crippen molar-refractivity contribution in [2.45, 2.75) is 19.1 Å². The van der Waals surface area contributed by atoms with Crippen LogP contribution in [0, 0.1) is 0 Å². The highest BCUT2D eigenvalue weighted by atomic mass is 19.4. The van der Waals surface area contributed by atoms with Gasteiger partial charge in [0.05, 0.1) is 25.8 Å². The van der Waals surface area contributed by atoms with Gasteiger partial charge in [-0.3, -0.25) is 9.59 Å². The van der Waals surface area contributed by atoms with Gasteiger partial charge in [-0.1, -0.05) is 24.3 Å². The highest BCUT2D eigenvalue weighted by Crippen LogP contribution is 2.37. The van der Waals surface area contributed by atoms with E-state index >= 15 is 0 Å². The van der Waals surface area contributed by atoms with Crippen molar-refractivity contribution in [2.24, 2.45) is 0 Å². The zero-order chi connectivity index (χ0) is 18.8. The van der Waals surface area contributed by atoms with E-state index in [2.05, 4.69) is 0 Å². The lowest BCUT2D eigenvalue weighted by Gasteiger charge is -2.18. The second-order valence-corrected chi connectivity index (χ2v) is 5.26. The Balaban J connectivity index is 2.49. The Morgan fingerprint density at radius 2 is 1.68 bits per heavy atom. The summed E-state index contributed by atoms with van der Waals surface area (Å²) in [6.45, 7) is 1.17. The van der Waals surface area contributed by atoms with Gasteiger partial charge in [0.25, 0.3) is 0 Å². The predicted molar refractivity (Wildman–Crippen MR) is 85.0 cm³/mol. The van der Waals surface area contributed by atoms with Crippen LogP contribution in [0.15, 0.2) is 30.3 Å². The average molecular weight is 355 g/mol. The molecule has 25 heavy (non-hydrogen) atoms. The normalized spacial score (nSPS) is 12.6. The van der Waals surface area contributed by atoms with E-state index in [1.54, 1.807) is 29.6 Å². The van der Waals surface area contributed by atoms with Crippen molar-refractivity contribution in [3.8, 4) is 11.5 Å². The van der Waals surface area contributed by atoms with E-state index in [9.17, 15) is 22.8 Å². The Morgan fingerprint density at radius 3 is 2.20 bits per heavy atom. The molecule has 0 saturated carbocycles. The molecule has 1 unspecified atom stereocenters. The zero-order valence-corrected chi connectivity index (χ0v) is 13.7. The van der Waals surface area contributed by atoms with Crippen molar-refractivity contribution in [3.63, 3.8) is 0 Å². The molecule has 2 rings (SSSR count). The maximum absolute atomic E-state index is 12.6. The van der Waals surface area contributed by atoms with Crippen LogP contribution in [0.25, 0.3) is 10.8 Å². The van der Waals surface area contributed by atoms with Crippen LogP contribution in [0.5, 0.6) is 11.5 Å². The Hall–Kier alpha value is -2.77. The topological polar surface area (TPSA) is 64.6 Å². The SMILES string of the molecule is COc1cc(C(=O)C(C)NC(=O)C(F)(F)F)c(OC)c2ccccc12. The summed E-state index contributed by atoms with van der Waals surface area (Å²) in [7, 11) is 2.77. The third-order valence-electron chi connectivity index (χ3n) is 3.65. The van der Waals surface area contributed by atoms with Gasteiger partial charge in [0, 0.05) is 10.8 Å². The van der Waals surface area contributed by atoms with Crippen molar-refractivity contribution in [1.29, 1.82) is 0 Å². The quantitative estimate of drug-likeness (QED) is 0.837. The molecule has 1 amide bonds. The van der Waals surface area contributed by atoms with Crippen LogP contribution in [0.1, 0.15) is 17.3 Å². The first-order valence-corrected chi connectivity index (χ1v) is 7.26. The molecule has 2 aromatic rings. The predicted octanol–water partition coefficient (Wildman–Crippen LogP) is 3.11. The van der Waals surface area contributed by atoms with E-state index < -0.39 is 23.9 Å². The number of benzene rings is 2. The van der Waals surface area contributed by atoms with Crippen molar-refractivity contribution in [3.05, 3.63) is 35.9 Å². The lowest BCUT2D eigenvalue weighted by atomic mass is 9.98. The Kier molecular flexibility index (Phi) is 5.20. The van der Waals surface area contributed by atoms with Gasteiger partial charge in [-0.25, -0.2) is 0 Å². The molecule has 0 aromatic heterocycles. The van der Waals surface area contributed by atoms with E-state index in [-0.39, 0.29) is 11.3 Å². The molecule has 2 aromatic carbocycles. The molecule has 5 nitrogen and oxygen atoms in total. The molecule has 8 heteroatoms. The van der Waals surface area contributed by atoms with Crippen molar-refractivity contribution in [1.82, 2.24) is 5.32 Å². The Labute approximate surface area is 141 Å². The molecule has 0 saturated heterocycles. The number of hydrogen-bond acceptors (Lipinski definition) is 4. The fraction of sp³-hybridized carbons (Fsp3) is 0.294. The zero-order valence-electron chi connectivity index (χ0n) is 13.7. The molecule has 1 N–H and O–H groups in total. The van der Waals surface area contributed by atoms with Crippen molar-refractivity contribution in [2.75, 3.05) is 14.2 Å². The summed E-state index contributed by atoms with van der Waals surface area (Å²) in [5.41, 5.74) is 0.0213. The number of fused-ring (bicyclic) bond motifs is 1. The summed E-state index contributed by atoms with van der Waals surface area (Å²) in [4.78, 5) is 23.6. The van der Waals surface area contributed by atoms with Gasteiger partial charge in [0.1, 0.15) is 11.5 Å². The van der Waals surface area contributed by atoms with Crippen LogP contribution in [0.2, 0.25) is 0 Å². The van der Waals surface area contributed by atoms with E-state index in [1.165, 1.54) is 27.2 Å². The van der Waals surface area contributed by atoms with Crippen molar-refractivity contribution >= 4 is 22.5 Å². The number of carbonyl (C=O) groups is 2. The molecular weight excluding hydrogens is 339 g/mol. The molecule has 0 aliphatic heterocycles. The van der Waals surface area contributed by atoms with Gasteiger partial charge in [-0.2, -0.15) is 13.2 Å². The lowest BCUT2D eigenvalue weighted by molar-refractivity contribution is -0.173. The highest BCUT2D eigenvalue weighted by molar-refractivity contribution is 6.09. The second-order valence-electron chi connectivity index (χ2n) is 5.26. The third kappa shape index (κ3) is 3.67. The largest absolute Gasteiger partial charge is 0.496 e. The van der Waals surface area contributed by atoms with Crippen LogP contribution in [-0.2, 0) is 4.79 Å². The molecule has 0 heterocycles. The lowest BCUT2D eigenvalue weighted by Crippen LogP contribution is -2.45.